The lowest BCUT2D eigenvalue weighted by Gasteiger charge is -2.18. The molecule has 2 aliphatic rings. The van der Waals surface area contributed by atoms with Crippen molar-refractivity contribution in [3.63, 3.8) is 0 Å². The zero-order valence-corrected chi connectivity index (χ0v) is 12.7. The molecule has 2 atom stereocenters. The maximum Gasteiger partial charge on any atom is 0.237 e. The number of carbonyl (C=O) groups is 1. The minimum absolute atomic E-state index is 0.0310. The molecule has 0 spiro atoms. The van der Waals surface area contributed by atoms with Gasteiger partial charge in [-0.2, -0.15) is 0 Å². The van der Waals surface area contributed by atoms with E-state index in [1.54, 1.807) is 6.26 Å². The van der Waals surface area contributed by atoms with Gasteiger partial charge in [-0.15, -0.1) is 0 Å². The average molecular weight is 291 g/mol. The molecule has 1 saturated heterocycles. The summed E-state index contributed by atoms with van der Waals surface area (Å²) in [6.45, 7) is 5.73. The minimum atomic E-state index is -0.157. The summed E-state index contributed by atoms with van der Waals surface area (Å²) in [6, 6.07) is 4.40. The molecule has 1 aromatic heterocycles. The molecular weight excluding hydrogens is 266 g/mol. The quantitative estimate of drug-likeness (QED) is 0.796. The first kappa shape index (κ1) is 14.6. The number of hydrogen-bond acceptors (Lipinski definition) is 4. The Hall–Kier alpha value is -1.33. The van der Waals surface area contributed by atoms with E-state index in [0.29, 0.717) is 12.5 Å². The van der Waals surface area contributed by atoms with Gasteiger partial charge in [-0.1, -0.05) is 0 Å². The Bertz CT molecular complexity index is 456. The fraction of sp³-hybridized carbons (Fsp3) is 0.688. The van der Waals surface area contributed by atoms with Crippen molar-refractivity contribution in [2.24, 2.45) is 5.92 Å². The van der Waals surface area contributed by atoms with Crippen LogP contribution >= 0.6 is 0 Å². The SMILES string of the molecule is CC(NCC1CCN(C2CC2)C1)C(=O)NCc1ccco1. The van der Waals surface area contributed by atoms with E-state index in [4.69, 9.17) is 4.42 Å². The van der Waals surface area contributed by atoms with Crippen molar-refractivity contribution in [1.82, 2.24) is 15.5 Å². The zero-order valence-electron chi connectivity index (χ0n) is 12.7. The van der Waals surface area contributed by atoms with Crippen LogP contribution in [0.4, 0.5) is 0 Å². The highest BCUT2D eigenvalue weighted by atomic mass is 16.3. The summed E-state index contributed by atoms with van der Waals surface area (Å²) in [4.78, 5) is 14.6. The van der Waals surface area contributed by atoms with E-state index in [1.165, 1.54) is 32.4 Å². The van der Waals surface area contributed by atoms with Crippen molar-refractivity contribution in [3.05, 3.63) is 24.2 Å². The Morgan fingerprint density at radius 2 is 2.33 bits per heavy atom. The van der Waals surface area contributed by atoms with Gasteiger partial charge in [-0.05, 0) is 57.3 Å². The highest BCUT2D eigenvalue weighted by molar-refractivity contribution is 5.81. The first-order valence-corrected chi connectivity index (χ1v) is 8.00. The highest BCUT2D eigenvalue weighted by Crippen LogP contribution is 2.31. The van der Waals surface area contributed by atoms with Crippen LogP contribution in [0.2, 0.25) is 0 Å². The van der Waals surface area contributed by atoms with Gasteiger partial charge in [-0.3, -0.25) is 4.79 Å². The summed E-state index contributed by atoms with van der Waals surface area (Å²) in [5.41, 5.74) is 0. The summed E-state index contributed by atoms with van der Waals surface area (Å²) in [5.74, 6) is 1.50. The van der Waals surface area contributed by atoms with E-state index in [0.717, 1.165) is 18.3 Å². The number of carbonyl (C=O) groups excluding carboxylic acids is 1. The third kappa shape index (κ3) is 4.08. The predicted octanol–water partition coefficient (Wildman–Crippen LogP) is 1.36. The Morgan fingerprint density at radius 3 is 3.05 bits per heavy atom. The normalized spacial score (nSPS) is 24.1. The molecule has 2 fully saturated rings. The summed E-state index contributed by atoms with van der Waals surface area (Å²) >= 11 is 0. The number of nitrogens with zero attached hydrogens (tertiary/aromatic N) is 1. The smallest absolute Gasteiger partial charge is 0.237 e. The second kappa shape index (κ2) is 6.62. The lowest BCUT2D eigenvalue weighted by molar-refractivity contribution is -0.123. The van der Waals surface area contributed by atoms with Crippen LogP contribution in [-0.2, 0) is 11.3 Å². The van der Waals surface area contributed by atoms with E-state index >= 15 is 0 Å². The topological polar surface area (TPSA) is 57.5 Å². The van der Waals surface area contributed by atoms with Crippen molar-refractivity contribution in [3.8, 4) is 0 Å². The Morgan fingerprint density at radius 1 is 1.48 bits per heavy atom. The van der Waals surface area contributed by atoms with Crippen LogP contribution in [-0.4, -0.2) is 42.5 Å². The van der Waals surface area contributed by atoms with Crippen LogP contribution in [0.15, 0.2) is 22.8 Å². The Labute approximate surface area is 126 Å². The van der Waals surface area contributed by atoms with Gasteiger partial charge in [0.1, 0.15) is 5.76 Å². The molecule has 1 aliphatic carbocycles. The van der Waals surface area contributed by atoms with Gasteiger partial charge in [0.25, 0.3) is 0 Å². The van der Waals surface area contributed by atoms with Crippen molar-refractivity contribution in [1.29, 1.82) is 0 Å². The summed E-state index contributed by atoms with van der Waals surface area (Å²) in [5, 5.41) is 6.26. The highest BCUT2D eigenvalue weighted by Gasteiger charge is 2.34. The van der Waals surface area contributed by atoms with Crippen LogP contribution < -0.4 is 10.6 Å². The molecule has 1 aliphatic heterocycles. The Balaban J connectivity index is 1.33. The first-order valence-electron chi connectivity index (χ1n) is 8.00. The van der Waals surface area contributed by atoms with Gasteiger partial charge < -0.3 is 20.0 Å². The maximum absolute atomic E-state index is 12.0. The standard InChI is InChI=1S/C16H25N3O2/c1-12(16(20)18-10-15-3-2-8-21-15)17-9-13-6-7-19(11-13)14-4-5-14/h2-3,8,12-14,17H,4-7,9-11H2,1H3,(H,18,20). The van der Waals surface area contributed by atoms with Crippen molar-refractivity contribution >= 4 is 5.91 Å². The monoisotopic (exact) mass is 291 g/mol. The molecule has 0 aromatic carbocycles. The maximum atomic E-state index is 12.0. The minimum Gasteiger partial charge on any atom is -0.467 e. The third-order valence-electron chi connectivity index (χ3n) is 4.50. The fourth-order valence-corrected chi connectivity index (χ4v) is 2.98. The van der Waals surface area contributed by atoms with Crippen LogP contribution in [0.1, 0.15) is 31.9 Å². The van der Waals surface area contributed by atoms with Gasteiger partial charge in [0.05, 0.1) is 18.8 Å². The molecule has 5 heteroatoms. The second-order valence-corrected chi connectivity index (χ2v) is 6.31. The van der Waals surface area contributed by atoms with Crippen LogP contribution in [0.25, 0.3) is 0 Å². The molecule has 1 saturated carbocycles. The molecule has 1 amide bonds. The van der Waals surface area contributed by atoms with Crippen LogP contribution in [0.3, 0.4) is 0 Å². The van der Waals surface area contributed by atoms with Gasteiger partial charge in [0, 0.05) is 12.6 Å². The molecule has 2 N–H and O–H groups in total. The largest absolute Gasteiger partial charge is 0.467 e. The summed E-state index contributed by atoms with van der Waals surface area (Å²) < 4.78 is 5.20. The Kier molecular flexibility index (Phi) is 4.60. The number of hydrogen-bond donors (Lipinski definition) is 2. The molecule has 2 heterocycles. The lowest BCUT2D eigenvalue weighted by Crippen LogP contribution is -2.43. The molecule has 2 unspecified atom stereocenters. The van der Waals surface area contributed by atoms with Crippen LogP contribution in [0.5, 0.6) is 0 Å². The van der Waals surface area contributed by atoms with Crippen molar-refractivity contribution < 1.29 is 9.21 Å². The molecule has 0 radical (unpaired) electrons. The second-order valence-electron chi connectivity index (χ2n) is 6.31. The van der Waals surface area contributed by atoms with Gasteiger partial charge >= 0.3 is 0 Å². The number of furan rings is 1. The van der Waals surface area contributed by atoms with E-state index in [-0.39, 0.29) is 11.9 Å². The number of amides is 1. The number of likely N-dealkylation sites (tertiary alicyclic amines) is 1. The average Bonchev–Trinajstić information content (AvgIpc) is 3.03. The van der Waals surface area contributed by atoms with Crippen molar-refractivity contribution in [2.75, 3.05) is 19.6 Å². The number of nitrogens with one attached hydrogen (secondary N) is 2. The van der Waals surface area contributed by atoms with Crippen molar-refractivity contribution in [2.45, 2.75) is 44.8 Å². The predicted molar refractivity (Wildman–Crippen MR) is 80.7 cm³/mol. The fourth-order valence-electron chi connectivity index (χ4n) is 2.98. The molecule has 1 aromatic rings. The van der Waals surface area contributed by atoms with E-state index in [2.05, 4.69) is 15.5 Å². The molecule has 116 valence electrons. The van der Waals surface area contributed by atoms with Crippen LogP contribution in [0, 0.1) is 5.92 Å². The van der Waals surface area contributed by atoms with E-state index < -0.39 is 0 Å². The molecule has 3 rings (SSSR count). The van der Waals surface area contributed by atoms with E-state index in [9.17, 15) is 4.79 Å². The molecule has 21 heavy (non-hydrogen) atoms. The summed E-state index contributed by atoms with van der Waals surface area (Å²) in [7, 11) is 0. The zero-order chi connectivity index (χ0) is 14.7. The number of rotatable bonds is 7. The molecule has 0 bridgehead atoms. The van der Waals surface area contributed by atoms with E-state index in [1.807, 2.05) is 19.1 Å². The molecular formula is C16H25N3O2. The van der Waals surface area contributed by atoms with Gasteiger partial charge in [0.15, 0.2) is 0 Å². The summed E-state index contributed by atoms with van der Waals surface area (Å²) in [6.07, 6.45) is 5.64. The van der Waals surface area contributed by atoms with Gasteiger partial charge in [0.2, 0.25) is 5.91 Å². The molecule has 5 nitrogen and oxygen atoms in total. The third-order valence-corrected chi connectivity index (χ3v) is 4.50. The van der Waals surface area contributed by atoms with Gasteiger partial charge in [-0.25, -0.2) is 0 Å². The first-order chi connectivity index (χ1) is 10.2. The lowest BCUT2D eigenvalue weighted by atomic mass is 10.1.